The first-order valence-electron chi connectivity index (χ1n) is 4.80. The number of halogens is 5. The molecule has 0 aliphatic carbocycles. The van der Waals surface area contributed by atoms with Crippen LogP contribution in [0.3, 0.4) is 0 Å². The molecule has 0 aromatic carbocycles. The highest BCUT2D eigenvalue weighted by molar-refractivity contribution is 7.88. The maximum Gasteiger partial charge on any atom is 0.463 e. The van der Waals surface area contributed by atoms with E-state index in [1.165, 1.54) is 19.2 Å². The van der Waals surface area contributed by atoms with Crippen molar-refractivity contribution in [1.29, 1.82) is 0 Å². The maximum atomic E-state index is 12.6. The van der Waals surface area contributed by atoms with E-state index in [4.69, 9.17) is 0 Å². The predicted molar refractivity (Wildman–Crippen MR) is 56.1 cm³/mol. The Hall–Kier alpha value is -0.970. The average Bonchev–Trinajstić information content (AvgIpc) is 2.08. The lowest BCUT2D eigenvalue weighted by molar-refractivity contribution is -0.269. The number of hydrogen-bond acceptors (Lipinski definition) is 3. The van der Waals surface area contributed by atoms with Gasteiger partial charge in [0.05, 0.1) is 6.26 Å². The third kappa shape index (κ3) is 5.68. The smallest absolute Gasteiger partial charge is 0.349 e. The molecule has 0 atom stereocenters. The molecule has 0 aromatic rings. The molecule has 0 radical (unpaired) electrons. The first-order chi connectivity index (χ1) is 8.08. The van der Waals surface area contributed by atoms with Crippen LogP contribution in [-0.2, 0) is 14.8 Å². The van der Waals surface area contributed by atoms with Crippen LogP contribution >= 0.6 is 0 Å². The largest absolute Gasteiger partial charge is 0.463 e. The molecule has 0 aliphatic heterocycles. The number of nitrogens with one attached hydrogen (secondary N) is 2. The van der Waals surface area contributed by atoms with Crippen molar-refractivity contribution in [2.75, 3.05) is 12.8 Å². The van der Waals surface area contributed by atoms with Gasteiger partial charge in [-0.1, -0.05) is 0 Å². The molecule has 1 amide bonds. The van der Waals surface area contributed by atoms with Crippen LogP contribution in [0.15, 0.2) is 0 Å². The topological polar surface area (TPSA) is 75.3 Å². The minimum absolute atomic E-state index is 0.732. The van der Waals surface area contributed by atoms with Gasteiger partial charge in [0.25, 0.3) is 5.91 Å². The van der Waals surface area contributed by atoms with Crippen LogP contribution in [0, 0.1) is 0 Å². The number of sulfonamides is 1. The van der Waals surface area contributed by atoms with Crippen LogP contribution in [-0.4, -0.2) is 44.8 Å². The monoisotopic (exact) mass is 312 g/mol. The highest BCUT2D eigenvalue weighted by Crippen LogP contribution is 2.35. The number of amides is 1. The quantitative estimate of drug-likeness (QED) is 0.731. The van der Waals surface area contributed by atoms with E-state index in [9.17, 15) is 35.2 Å². The minimum atomic E-state index is -6.01. The Morgan fingerprint density at radius 3 is 1.84 bits per heavy atom. The molecule has 0 unspecified atom stereocenters. The molecule has 0 aliphatic rings. The Kier molecular flexibility index (Phi) is 4.93. The summed E-state index contributed by atoms with van der Waals surface area (Å²) in [6.07, 6.45) is -5.23. The Morgan fingerprint density at radius 1 is 1.11 bits per heavy atom. The van der Waals surface area contributed by atoms with E-state index < -0.39 is 40.1 Å². The first kappa shape index (κ1) is 18.0. The van der Waals surface area contributed by atoms with E-state index in [1.54, 1.807) is 0 Å². The zero-order valence-electron chi connectivity index (χ0n) is 10.2. The predicted octanol–water partition coefficient (Wildman–Crippen LogP) is 0.628. The molecule has 2 N–H and O–H groups in total. The van der Waals surface area contributed by atoms with Gasteiger partial charge >= 0.3 is 12.1 Å². The number of carbonyl (C=O) groups is 1. The molecule has 0 aromatic heterocycles. The van der Waals surface area contributed by atoms with E-state index >= 15 is 0 Å². The van der Waals surface area contributed by atoms with E-state index in [1.807, 2.05) is 4.72 Å². The SMILES string of the molecule is CC(C)(CNC(=O)C(F)(F)C(F)(F)F)NS(C)(=O)=O. The lowest BCUT2D eigenvalue weighted by Gasteiger charge is -2.27. The molecule has 0 saturated heterocycles. The summed E-state index contributed by atoms with van der Waals surface area (Å²) in [6, 6.07) is 0. The van der Waals surface area contributed by atoms with Gasteiger partial charge in [0.1, 0.15) is 0 Å². The van der Waals surface area contributed by atoms with Crippen molar-refractivity contribution in [1.82, 2.24) is 10.0 Å². The summed E-state index contributed by atoms with van der Waals surface area (Å²) in [5.41, 5.74) is -1.41. The highest BCUT2D eigenvalue weighted by atomic mass is 32.2. The number of hydrogen-bond donors (Lipinski definition) is 2. The van der Waals surface area contributed by atoms with Gasteiger partial charge in [-0.2, -0.15) is 22.0 Å². The van der Waals surface area contributed by atoms with E-state index in [0.717, 1.165) is 6.26 Å². The second-order valence-corrected chi connectivity index (χ2v) is 6.26. The molecule has 5 nitrogen and oxygen atoms in total. The first-order valence-corrected chi connectivity index (χ1v) is 6.69. The van der Waals surface area contributed by atoms with Gasteiger partial charge in [0.2, 0.25) is 10.0 Å². The summed E-state index contributed by atoms with van der Waals surface area (Å²) in [4.78, 5) is 10.8. The Bertz CT molecular complexity index is 444. The fourth-order valence-electron chi connectivity index (χ4n) is 1.08. The molecule has 0 rings (SSSR count). The summed E-state index contributed by atoms with van der Waals surface area (Å²) in [7, 11) is -3.70. The van der Waals surface area contributed by atoms with Crippen LogP contribution in [0.4, 0.5) is 22.0 Å². The number of carbonyl (C=O) groups excluding carboxylic acids is 1. The molecule has 0 heterocycles. The minimum Gasteiger partial charge on any atom is -0.349 e. The molecular weight excluding hydrogens is 299 g/mol. The van der Waals surface area contributed by atoms with Crippen LogP contribution in [0.25, 0.3) is 0 Å². The van der Waals surface area contributed by atoms with E-state index in [2.05, 4.69) is 0 Å². The van der Waals surface area contributed by atoms with Crippen molar-refractivity contribution in [3.8, 4) is 0 Å². The van der Waals surface area contributed by atoms with Crippen molar-refractivity contribution in [2.24, 2.45) is 0 Å². The normalized spacial score (nSPS) is 14.3. The highest BCUT2D eigenvalue weighted by Gasteiger charge is 2.63. The van der Waals surface area contributed by atoms with Gasteiger partial charge in [-0.3, -0.25) is 4.79 Å². The van der Waals surface area contributed by atoms with Crippen molar-refractivity contribution in [3.63, 3.8) is 0 Å². The van der Waals surface area contributed by atoms with Crippen LogP contribution in [0.5, 0.6) is 0 Å². The summed E-state index contributed by atoms with van der Waals surface area (Å²) in [5.74, 6) is -8.07. The number of alkyl halides is 5. The molecule has 0 saturated carbocycles. The van der Waals surface area contributed by atoms with E-state index in [-0.39, 0.29) is 0 Å². The van der Waals surface area contributed by atoms with Crippen LogP contribution in [0.1, 0.15) is 13.8 Å². The van der Waals surface area contributed by atoms with Gasteiger partial charge in [-0.05, 0) is 13.8 Å². The average molecular weight is 312 g/mol. The Morgan fingerprint density at radius 2 is 1.53 bits per heavy atom. The van der Waals surface area contributed by atoms with Crippen molar-refractivity contribution in [2.45, 2.75) is 31.5 Å². The van der Waals surface area contributed by atoms with Crippen LogP contribution < -0.4 is 10.0 Å². The van der Waals surface area contributed by atoms with Gasteiger partial charge < -0.3 is 5.32 Å². The summed E-state index contributed by atoms with van der Waals surface area (Å²) in [6.45, 7) is 1.69. The third-order valence-electron chi connectivity index (χ3n) is 1.79. The van der Waals surface area contributed by atoms with Gasteiger partial charge in [0.15, 0.2) is 0 Å². The van der Waals surface area contributed by atoms with Crippen molar-refractivity contribution < 1.29 is 35.2 Å². The Labute approximate surface area is 106 Å². The zero-order chi connectivity index (χ0) is 15.7. The molecule has 11 heteroatoms. The van der Waals surface area contributed by atoms with Gasteiger partial charge in [0, 0.05) is 12.1 Å². The molecule has 0 spiro atoms. The van der Waals surface area contributed by atoms with Crippen molar-refractivity contribution in [3.05, 3.63) is 0 Å². The fraction of sp³-hybridized carbons (Fsp3) is 0.875. The lowest BCUT2D eigenvalue weighted by atomic mass is 10.1. The third-order valence-corrected chi connectivity index (χ3v) is 2.72. The summed E-state index contributed by atoms with van der Waals surface area (Å²) < 4.78 is 84.4. The van der Waals surface area contributed by atoms with Crippen LogP contribution in [0.2, 0.25) is 0 Å². The zero-order valence-corrected chi connectivity index (χ0v) is 11.0. The molecule has 0 fully saturated rings. The fourth-order valence-corrected chi connectivity index (χ4v) is 2.15. The van der Waals surface area contributed by atoms with E-state index in [0.29, 0.717) is 0 Å². The summed E-state index contributed by atoms with van der Waals surface area (Å²) >= 11 is 0. The lowest BCUT2D eigenvalue weighted by Crippen LogP contribution is -2.56. The van der Waals surface area contributed by atoms with Gasteiger partial charge in [-0.15, -0.1) is 0 Å². The molecule has 19 heavy (non-hydrogen) atoms. The Balaban J connectivity index is 4.71. The second-order valence-electron chi connectivity index (χ2n) is 4.51. The van der Waals surface area contributed by atoms with Gasteiger partial charge in [-0.25, -0.2) is 13.1 Å². The summed E-state index contributed by atoms with van der Waals surface area (Å²) in [5, 5.41) is 1.36. The standard InChI is InChI=1S/C8H13F5N2O3S/c1-6(2,15-19(3,17)18)4-14-5(16)7(9,10)8(11,12)13/h15H,4H2,1-3H3,(H,14,16). The number of rotatable bonds is 5. The molecule has 0 bridgehead atoms. The molecular formula is C8H13F5N2O3S. The maximum absolute atomic E-state index is 12.6. The molecule has 114 valence electrons. The second kappa shape index (κ2) is 5.19. The van der Waals surface area contributed by atoms with Crippen molar-refractivity contribution >= 4 is 15.9 Å².